The van der Waals surface area contributed by atoms with E-state index in [1.54, 1.807) is 25.6 Å². The van der Waals surface area contributed by atoms with Crippen LogP contribution in [-0.2, 0) is 9.47 Å². The molecule has 11 heteroatoms. The summed E-state index contributed by atoms with van der Waals surface area (Å²) in [6, 6.07) is 1.77. The van der Waals surface area contributed by atoms with Gasteiger partial charge in [-0.15, -0.1) is 13.2 Å². The van der Waals surface area contributed by atoms with E-state index in [2.05, 4.69) is 36.5 Å². The quantitative estimate of drug-likeness (QED) is 0.332. The van der Waals surface area contributed by atoms with Crippen molar-refractivity contribution in [2.24, 2.45) is 0 Å². The molecule has 0 bridgehead atoms. The average molecular weight is 463 g/mol. The number of hydrogen-bond acceptors (Lipinski definition) is 8. The Morgan fingerprint density at radius 1 is 1.33 bits per heavy atom. The third kappa shape index (κ3) is 6.77. The van der Waals surface area contributed by atoms with Gasteiger partial charge in [0.15, 0.2) is 6.23 Å². The number of aliphatic hydroxyl groups excluding tert-OH is 1. The molecule has 1 aliphatic rings. The van der Waals surface area contributed by atoms with E-state index in [4.69, 9.17) is 4.74 Å². The number of nitrogens with zero attached hydrogens (tertiary/aromatic N) is 4. The van der Waals surface area contributed by atoms with E-state index < -0.39 is 18.3 Å². The molecule has 2 aromatic heterocycles. The van der Waals surface area contributed by atoms with E-state index in [1.165, 1.54) is 24.8 Å². The zero-order chi connectivity index (χ0) is 23.8. The van der Waals surface area contributed by atoms with Gasteiger partial charge in [0.25, 0.3) is 0 Å². The number of nitrogens with one attached hydrogen (secondary N) is 1. The number of alkyl halides is 3. The van der Waals surface area contributed by atoms with E-state index in [0.717, 1.165) is 42.1 Å². The van der Waals surface area contributed by atoms with Crippen LogP contribution in [0.1, 0.15) is 18.2 Å². The molecule has 0 amide bonds. The van der Waals surface area contributed by atoms with Crippen molar-refractivity contribution in [3.05, 3.63) is 73.3 Å². The van der Waals surface area contributed by atoms with Crippen LogP contribution in [0.2, 0.25) is 0 Å². The van der Waals surface area contributed by atoms with Crippen molar-refractivity contribution in [1.82, 2.24) is 20.3 Å². The van der Waals surface area contributed by atoms with Crippen molar-refractivity contribution in [1.29, 1.82) is 0 Å². The first-order valence-corrected chi connectivity index (χ1v) is 10.0. The van der Waals surface area contributed by atoms with Crippen molar-refractivity contribution in [3.8, 4) is 11.1 Å². The van der Waals surface area contributed by atoms with E-state index in [1.807, 2.05) is 0 Å². The van der Waals surface area contributed by atoms with Gasteiger partial charge in [-0.05, 0) is 36.9 Å². The summed E-state index contributed by atoms with van der Waals surface area (Å²) in [5.74, 6) is 0.242. The van der Waals surface area contributed by atoms with Gasteiger partial charge in [-0.2, -0.15) is 0 Å². The SMILES string of the molecule is C=C/C(=C\C=C\NC(O)c1cnc(N2CCC(OC)C2)c(-c2cncnc2)c1)OC(F)(F)F. The van der Waals surface area contributed by atoms with E-state index in [0.29, 0.717) is 12.1 Å². The van der Waals surface area contributed by atoms with Crippen molar-refractivity contribution >= 4 is 5.82 Å². The smallest absolute Gasteiger partial charge is 0.406 e. The lowest BCUT2D eigenvalue weighted by Gasteiger charge is -2.22. The fraction of sp³-hybridized carbons (Fsp3) is 0.318. The minimum Gasteiger partial charge on any atom is -0.406 e. The van der Waals surface area contributed by atoms with E-state index in [-0.39, 0.29) is 6.10 Å². The lowest BCUT2D eigenvalue weighted by Crippen LogP contribution is -2.24. The highest BCUT2D eigenvalue weighted by atomic mass is 19.4. The van der Waals surface area contributed by atoms with Crippen molar-refractivity contribution in [2.45, 2.75) is 25.1 Å². The Morgan fingerprint density at radius 3 is 2.73 bits per heavy atom. The molecule has 176 valence electrons. The molecule has 0 radical (unpaired) electrons. The van der Waals surface area contributed by atoms with E-state index >= 15 is 0 Å². The molecule has 1 fully saturated rings. The molecule has 8 nitrogen and oxygen atoms in total. The van der Waals surface area contributed by atoms with E-state index in [9.17, 15) is 18.3 Å². The third-order valence-electron chi connectivity index (χ3n) is 4.90. The summed E-state index contributed by atoms with van der Waals surface area (Å²) in [6.07, 6.45) is 5.81. The molecule has 0 saturated carbocycles. The highest BCUT2D eigenvalue weighted by molar-refractivity contribution is 5.75. The molecule has 3 heterocycles. The normalized spacial score (nSPS) is 17.9. The molecular weight excluding hydrogens is 439 g/mol. The van der Waals surface area contributed by atoms with Gasteiger partial charge in [-0.25, -0.2) is 15.0 Å². The number of anilines is 1. The Kier molecular flexibility index (Phi) is 8.01. The first kappa shape index (κ1) is 24.2. The van der Waals surface area contributed by atoms with Crippen molar-refractivity contribution in [3.63, 3.8) is 0 Å². The van der Waals surface area contributed by atoms with Crippen LogP contribution in [0, 0.1) is 0 Å². The zero-order valence-electron chi connectivity index (χ0n) is 17.9. The molecule has 2 unspecified atom stereocenters. The lowest BCUT2D eigenvalue weighted by molar-refractivity contribution is -0.303. The number of rotatable bonds is 9. The maximum absolute atomic E-state index is 12.3. The molecule has 2 N–H and O–H groups in total. The molecule has 1 saturated heterocycles. The fourth-order valence-electron chi connectivity index (χ4n) is 3.30. The Bertz CT molecular complexity index is 999. The first-order chi connectivity index (χ1) is 15.8. The predicted molar refractivity (Wildman–Crippen MR) is 116 cm³/mol. The maximum Gasteiger partial charge on any atom is 0.573 e. The van der Waals surface area contributed by atoms with Crippen LogP contribution in [-0.4, -0.2) is 52.7 Å². The highest BCUT2D eigenvalue weighted by Crippen LogP contribution is 2.32. The molecule has 1 aliphatic heterocycles. The van der Waals surface area contributed by atoms with Crippen molar-refractivity contribution < 1.29 is 27.8 Å². The van der Waals surface area contributed by atoms with Gasteiger partial charge >= 0.3 is 6.36 Å². The molecule has 0 aliphatic carbocycles. The first-order valence-electron chi connectivity index (χ1n) is 10.0. The van der Waals surface area contributed by atoms with Crippen molar-refractivity contribution in [2.75, 3.05) is 25.1 Å². The van der Waals surface area contributed by atoms with Gasteiger partial charge in [-0.3, -0.25) is 0 Å². The topological polar surface area (TPSA) is 92.6 Å². The van der Waals surface area contributed by atoms with Gasteiger partial charge in [-0.1, -0.05) is 6.58 Å². The maximum atomic E-state index is 12.3. The molecule has 0 spiro atoms. The largest absolute Gasteiger partial charge is 0.573 e. The summed E-state index contributed by atoms with van der Waals surface area (Å²) in [6.45, 7) is 4.73. The monoisotopic (exact) mass is 463 g/mol. The van der Waals surface area contributed by atoms with Gasteiger partial charge in [0.05, 0.1) is 6.10 Å². The summed E-state index contributed by atoms with van der Waals surface area (Å²) in [5, 5.41) is 13.2. The van der Waals surface area contributed by atoms with Crippen LogP contribution in [0.15, 0.2) is 67.8 Å². The van der Waals surface area contributed by atoms with Gasteiger partial charge < -0.3 is 24.8 Å². The molecular formula is C22H24F3N5O3. The number of allylic oxidation sites excluding steroid dienone is 3. The average Bonchev–Trinajstić information content (AvgIpc) is 3.29. The second-order valence-corrected chi connectivity index (χ2v) is 7.11. The van der Waals surface area contributed by atoms with Crippen LogP contribution < -0.4 is 10.2 Å². The zero-order valence-corrected chi connectivity index (χ0v) is 17.9. The van der Waals surface area contributed by atoms with Crippen LogP contribution in [0.3, 0.4) is 0 Å². The Morgan fingerprint density at radius 2 is 2.09 bits per heavy atom. The van der Waals surface area contributed by atoms with Crippen LogP contribution >= 0.6 is 0 Å². The standard InChI is InChI=1S/C22H24F3N5O3/c1-3-17(33-22(23,24)25)5-4-7-28-21(31)15-9-19(16-10-26-14-27-11-16)20(29-12-15)30-8-6-18(13-30)32-2/h3-5,7,9-12,14,18,21,28,31H,1,6,8,13H2,2H3/b7-4+,17-5+. The number of halogens is 3. The fourth-order valence-corrected chi connectivity index (χ4v) is 3.30. The van der Waals surface area contributed by atoms with Gasteiger partial charge in [0.1, 0.15) is 17.9 Å². The lowest BCUT2D eigenvalue weighted by atomic mass is 10.1. The molecule has 2 atom stereocenters. The number of ether oxygens (including phenoxy) is 2. The minimum absolute atomic E-state index is 0.110. The van der Waals surface area contributed by atoms with Gasteiger partial charge in [0, 0.05) is 55.5 Å². The Labute approximate surface area is 189 Å². The number of pyridine rings is 1. The Balaban J connectivity index is 1.78. The number of methoxy groups -OCH3 is 1. The minimum atomic E-state index is -4.82. The van der Waals surface area contributed by atoms with Crippen LogP contribution in [0.4, 0.5) is 19.0 Å². The molecule has 33 heavy (non-hydrogen) atoms. The van der Waals surface area contributed by atoms with Gasteiger partial charge in [0.2, 0.25) is 0 Å². The molecule has 2 aromatic rings. The second-order valence-electron chi connectivity index (χ2n) is 7.11. The second kappa shape index (κ2) is 10.9. The summed E-state index contributed by atoms with van der Waals surface area (Å²) < 4.78 is 46.1. The number of aromatic nitrogens is 3. The third-order valence-corrected chi connectivity index (χ3v) is 4.90. The summed E-state index contributed by atoms with van der Waals surface area (Å²) >= 11 is 0. The number of aliphatic hydroxyl groups is 1. The predicted octanol–water partition coefficient (Wildman–Crippen LogP) is 3.46. The van der Waals surface area contributed by atoms with Crippen LogP contribution in [0.25, 0.3) is 11.1 Å². The Hall–Kier alpha value is -3.44. The van der Waals surface area contributed by atoms with Crippen LogP contribution in [0.5, 0.6) is 0 Å². The highest BCUT2D eigenvalue weighted by Gasteiger charge is 2.31. The molecule has 0 aromatic carbocycles. The summed E-state index contributed by atoms with van der Waals surface area (Å²) in [7, 11) is 1.68. The number of hydrogen-bond donors (Lipinski definition) is 2. The molecule has 3 rings (SSSR count). The summed E-state index contributed by atoms with van der Waals surface area (Å²) in [5.41, 5.74) is 1.92. The summed E-state index contributed by atoms with van der Waals surface area (Å²) in [4.78, 5) is 14.8.